The molecule has 0 aromatic carbocycles. The minimum absolute atomic E-state index is 0.0850. The third-order valence-corrected chi connectivity index (χ3v) is 4.92. The Morgan fingerprint density at radius 3 is 2.38 bits per heavy atom. The number of hydrogen-bond acceptors (Lipinski definition) is 3. The smallest absolute Gasteiger partial charge is 0.211 e. The summed E-state index contributed by atoms with van der Waals surface area (Å²) < 4.78 is 25.7. The fourth-order valence-corrected chi connectivity index (χ4v) is 3.50. The summed E-state index contributed by atoms with van der Waals surface area (Å²) in [6.45, 7) is 2.33. The number of aliphatic hydroxyl groups excluding tert-OH is 1. The molecule has 0 amide bonds. The summed E-state index contributed by atoms with van der Waals surface area (Å²) >= 11 is 0. The standard InChI is InChI=1S/C11H23NO3S/c1-2-8-16(14,15)12-9-11(10-13)6-4-3-5-7-11/h12-13H,2-10H2,1H3. The molecule has 1 aliphatic rings. The first kappa shape index (κ1) is 13.9. The molecule has 0 spiro atoms. The van der Waals surface area contributed by atoms with Crippen molar-refractivity contribution in [2.75, 3.05) is 18.9 Å². The third kappa shape index (κ3) is 4.03. The van der Waals surface area contributed by atoms with E-state index in [0.29, 0.717) is 13.0 Å². The average Bonchev–Trinajstić information content (AvgIpc) is 2.28. The SMILES string of the molecule is CCCS(=O)(=O)NCC1(CO)CCCCC1. The molecule has 16 heavy (non-hydrogen) atoms. The lowest BCUT2D eigenvalue weighted by Crippen LogP contribution is -2.42. The predicted molar refractivity (Wildman–Crippen MR) is 64.7 cm³/mol. The van der Waals surface area contributed by atoms with Crippen molar-refractivity contribution in [1.82, 2.24) is 4.72 Å². The van der Waals surface area contributed by atoms with Crippen LogP contribution in [0.4, 0.5) is 0 Å². The molecule has 0 unspecified atom stereocenters. The van der Waals surface area contributed by atoms with Crippen molar-refractivity contribution in [3.05, 3.63) is 0 Å². The Bertz CT molecular complexity index is 294. The van der Waals surface area contributed by atoms with Crippen LogP contribution in [0.15, 0.2) is 0 Å². The molecule has 0 heterocycles. The van der Waals surface area contributed by atoms with Gasteiger partial charge in [-0.05, 0) is 19.3 Å². The molecule has 0 atom stereocenters. The van der Waals surface area contributed by atoms with Crippen LogP contribution in [0.3, 0.4) is 0 Å². The first-order valence-electron chi connectivity index (χ1n) is 6.12. The molecule has 0 aliphatic heterocycles. The third-order valence-electron chi connectivity index (χ3n) is 3.39. The van der Waals surface area contributed by atoms with E-state index in [1.807, 2.05) is 6.92 Å². The van der Waals surface area contributed by atoms with Gasteiger partial charge in [0.1, 0.15) is 0 Å². The van der Waals surface area contributed by atoms with E-state index >= 15 is 0 Å². The molecule has 1 saturated carbocycles. The van der Waals surface area contributed by atoms with Crippen LogP contribution in [0.5, 0.6) is 0 Å². The number of aliphatic hydroxyl groups is 1. The van der Waals surface area contributed by atoms with E-state index in [0.717, 1.165) is 25.7 Å². The Balaban J connectivity index is 2.50. The van der Waals surface area contributed by atoms with Crippen molar-refractivity contribution in [3.8, 4) is 0 Å². The second-order valence-corrected chi connectivity index (χ2v) is 6.79. The Morgan fingerprint density at radius 2 is 1.88 bits per heavy atom. The van der Waals surface area contributed by atoms with Gasteiger partial charge in [0, 0.05) is 18.6 Å². The minimum Gasteiger partial charge on any atom is -0.396 e. The highest BCUT2D eigenvalue weighted by Crippen LogP contribution is 2.35. The Morgan fingerprint density at radius 1 is 1.25 bits per heavy atom. The summed E-state index contributed by atoms with van der Waals surface area (Å²) in [7, 11) is -3.14. The zero-order valence-corrected chi connectivity index (χ0v) is 10.9. The summed E-state index contributed by atoms with van der Waals surface area (Å²) in [5.41, 5.74) is -0.209. The molecule has 1 aliphatic carbocycles. The van der Waals surface area contributed by atoms with Gasteiger partial charge in [-0.3, -0.25) is 0 Å². The minimum atomic E-state index is -3.14. The van der Waals surface area contributed by atoms with Gasteiger partial charge in [0.15, 0.2) is 0 Å². The molecular formula is C11H23NO3S. The molecule has 5 heteroatoms. The van der Waals surface area contributed by atoms with Crippen LogP contribution < -0.4 is 4.72 Å². The normalized spacial score (nSPS) is 20.9. The van der Waals surface area contributed by atoms with Gasteiger partial charge in [-0.2, -0.15) is 0 Å². The van der Waals surface area contributed by atoms with Crippen LogP contribution in [0.25, 0.3) is 0 Å². The van der Waals surface area contributed by atoms with Gasteiger partial charge in [-0.25, -0.2) is 13.1 Å². The van der Waals surface area contributed by atoms with Crippen LogP contribution in [0.1, 0.15) is 45.4 Å². The highest BCUT2D eigenvalue weighted by molar-refractivity contribution is 7.89. The lowest BCUT2D eigenvalue weighted by atomic mass is 9.75. The summed E-state index contributed by atoms with van der Waals surface area (Å²) in [6, 6.07) is 0. The first-order valence-corrected chi connectivity index (χ1v) is 7.77. The van der Waals surface area contributed by atoms with E-state index in [9.17, 15) is 13.5 Å². The van der Waals surface area contributed by atoms with Crippen LogP contribution in [-0.2, 0) is 10.0 Å². The van der Waals surface area contributed by atoms with Gasteiger partial charge < -0.3 is 5.11 Å². The van der Waals surface area contributed by atoms with Crippen LogP contribution in [0.2, 0.25) is 0 Å². The average molecular weight is 249 g/mol. The fourth-order valence-electron chi connectivity index (χ4n) is 2.30. The molecule has 2 N–H and O–H groups in total. The number of rotatable bonds is 6. The largest absolute Gasteiger partial charge is 0.396 e. The summed E-state index contributed by atoms with van der Waals surface area (Å²) in [6.07, 6.45) is 5.87. The van der Waals surface area contributed by atoms with E-state index in [2.05, 4.69) is 4.72 Å². The van der Waals surface area contributed by atoms with Gasteiger partial charge in [0.2, 0.25) is 10.0 Å². The molecule has 4 nitrogen and oxygen atoms in total. The summed E-state index contributed by atoms with van der Waals surface area (Å²) in [5.74, 6) is 0.175. The number of hydrogen-bond donors (Lipinski definition) is 2. The zero-order valence-electron chi connectivity index (χ0n) is 10.0. The van der Waals surface area contributed by atoms with E-state index in [1.54, 1.807) is 0 Å². The number of sulfonamides is 1. The second kappa shape index (κ2) is 5.98. The zero-order chi connectivity index (χ0) is 12.1. The van der Waals surface area contributed by atoms with Crippen molar-refractivity contribution in [1.29, 1.82) is 0 Å². The quantitative estimate of drug-likeness (QED) is 0.744. The topological polar surface area (TPSA) is 66.4 Å². The molecule has 0 saturated heterocycles. The molecule has 0 aromatic heterocycles. The lowest BCUT2D eigenvalue weighted by Gasteiger charge is -2.35. The maximum Gasteiger partial charge on any atom is 0.211 e. The Hall–Kier alpha value is -0.130. The molecule has 1 fully saturated rings. The van der Waals surface area contributed by atoms with Gasteiger partial charge in [-0.1, -0.05) is 26.2 Å². The maximum absolute atomic E-state index is 11.5. The van der Waals surface area contributed by atoms with Crippen molar-refractivity contribution in [3.63, 3.8) is 0 Å². The van der Waals surface area contributed by atoms with Crippen molar-refractivity contribution >= 4 is 10.0 Å². The molecule has 1 rings (SSSR count). The van der Waals surface area contributed by atoms with Crippen molar-refractivity contribution in [2.24, 2.45) is 5.41 Å². The highest BCUT2D eigenvalue weighted by Gasteiger charge is 2.32. The van der Waals surface area contributed by atoms with Gasteiger partial charge in [0.05, 0.1) is 5.75 Å². The second-order valence-electron chi connectivity index (χ2n) is 4.86. The first-order chi connectivity index (χ1) is 7.54. The van der Waals surface area contributed by atoms with Crippen molar-refractivity contribution in [2.45, 2.75) is 45.4 Å². The lowest BCUT2D eigenvalue weighted by molar-refractivity contribution is 0.0867. The van der Waals surface area contributed by atoms with E-state index < -0.39 is 10.0 Å². The summed E-state index contributed by atoms with van der Waals surface area (Å²) in [4.78, 5) is 0. The molecule has 0 bridgehead atoms. The van der Waals surface area contributed by atoms with E-state index in [1.165, 1.54) is 6.42 Å². The van der Waals surface area contributed by atoms with Crippen LogP contribution in [-0.4, -0.2) is 32.4 Å². The maximum atomic E-state index is 11.5. The monoisotopic (exact) mass is 249 g/mol. The van der Waals surface area contributed by atoms with Gasteiger partial charge in [-0.15, -0.1) is 0 Å². The summed E-state index contributed by atoms with van der Waals surface area (Å²) in [5, 5.41) is 9.43. The molecular weight excluding hydrogens is 226 g/mol. The predicted octanol–water partition coefficient (Wildman–Crippen LogP) is 1.26. The Labute approximate surface area is 98.5 Å². The fraction of sp³-hybridized carbons (Fsp3) is 1.00. The van der Waals surface area contributed by atoms with E-state index in [-0.39, 0.29) is 17.8 Å². The van der Waals surface area contributed by atoms with Crippen LogP contribution >= 0.6 is 0 Å². The van der Waals surface area contributed by atoms with Gasteiger partial charge >= 0.3 is 0 Å². The Kier molecular flexibility index (Phi) is 5.21. The molecule has 0 aromatic rings. The molecule has 96 valence electrons. The highest BCUT2D eigenvalue weighted by atomic mass is 32.2. The van der Waals surface area contributed by atoms with E-state index in [4.69, 9.17) is 0 Å². The van der Waals surface area contributed by atoms with Crippen LogP contribution in [0, 0.1) is 5.41 Å². The number of nitrogens with one attached hydrogen (secondary N) is 1. The molecule has 0 radical (unpaired) electrons. The van der Waals surface area contributed by atoms with Gasteiger partial charge in [0.25, 0.3) is 0 Å². The van der Waals surface area contributed by atoms with Crippen molar-refractivity contribution < 1.29 is 13.5 Å².